The quantitative estimate of drug-likeness (QED) is 0.623. The van der Waals surface area contributed by atoms with Crippen molar-refractivity contribution in [2.45, 2.75) is 13.3 Å². The van der Waals surface area contributed by atoms with Gasteiger partial charge in [0.05, 0.1) is 6.61 Å². The highest BCUT2D eigenvalue weighted by molar-refractivity contribution is 8.05. The average Bonchev–Trinajstić information content (AvgIpc) is 1.97. The largest absolute Gasteiger partial charge is 0.488 e. The normalized spacial score (nSPS) is 10.1. The van der Waals surface area contributed by atoms with E-state index in [4.69, 9.17) is 10.5 Å². The van der Waals surface area contributed by atoms with E-state index in [1.165, 1.54) is 18.0 Å². The van der Waals surface area contributed by atoms with Crippen LogP contribution in [0.15, 0.2) is 23.3 Å². The van der Waals surface area contributed by atoms with Crippen LogP contribution in [0.2, 0.25) is 0 Å². The Hall–Kier alpha value is -0.570. The molecule has 2 nitrogen and oxygen atoms in total. The number of nitrogens with two attached hydrogens (primary N) is 1. The number of hydrogen-bond acceptors (Lipinski definition) is 3. The summed E-state index contributed by atoms with van der Waals surface area (Å²) in [6, 6.07) is 0. The minimum atomic E-state index is 0.698. The Morgan fingerprint density at radius 3 is 3.00 bits per heavy atom. The summed E-state index contributed by atoms with van der Waals surface area (Å²) in [5.74, 6) is 0. The molecule has 0 spiro atoms. The number of hydrogen-bond donors (Lipinski definition) is 1. The first kappa shape index (κ1) is 9.43. The molecule has 58 valence electrons. The zero-order valence-corrected chi connectivity index (χ0v) is 6.99. The van der Waals surface area contributed by atoms with Crippen molar-refractivity contribution in [3.05, 3.63) is 23.3 Å². The zero-order chi connectivity index (χ0) is 7.82. The zero-order valence-electron chi connectivity index (χ0n) is 6.17. The lowest BCUT2D eigenvalue weighted by Crippen LogP contribution is -1.87. The Bertz CT molecular complexity index is 123. The van der Waals surface area contributed by atoms with Crippen LogP contribution >= 0.6 is 11.8 Å². The summed E-state index contributed by atoms with van der Waals surface area (Å²) in [6.07, 6.45) is 2.47. The maximum Gasteiger partial charge on any atom is 0.150 e. The third kappa shape index (κ3) is 5.56. The standard InChI is InChI=1S/C7H13NOS/c1-3-5-9-7(2)10-6-4-8/h4,6H,2-3,5,8H2,1H3/b6-4-. The van der Waals surface area contributed by atoms with Gasteiger partial charge >= 0.3 is 0 Å². The molecule has 0 bridgehead atoms. The molecule has 0 radical (unpaired) electrons. The molecule has 10 heavy (non-hydrogen) atoms. The molecule has 0 amide bonds. The lowest BCUT2D eigenvalue weighted by atomic mass is 10.5. The summed E-state index contributed by atoms with van der Waals surface area (Å²) < 4.78 is 5.15. The van der Waals surface area contributed by atoms with Crippen LogP contribution in [-0.2, 0) is 4.74 Å². The van der Waals surface area contributed by atoms with Gasteiger partial charge in [-0.25, -0.2) is 0 Å². The van der Waals surface area contributed by atoms with Gasteiger partial charge in [-0.05, 0) is 18.4 Å². The van der Waals surface area contributed by atoms with Crippen molar-refractivity contribution in [2.24, 2.45) is 5.73 Å². The van der Waals surface area contributed by atoms with Crippen molar-refractivity contribution in [1.29, 1.82) is 0 Å². The fourth-order valence-electron chi connectivity index (χ4n) is 0.365. The van der Waals surface area contributed by atoms with Gasteiger partial charge in [-0.3, -0.25) is 0 Å². The minimum Gasteiger partial charge on any atom is -0.488 e. The Labute approximate surface area is 66.1 Å². The van der Waals surface area contributed by atoms with E-state index < -0.39 is 0 Å². The van der Waals surface area contributed by atoms with Gasteiger partial charge in [0.25, 0.3) is 0 Å². The van der Waals surface area contributed by atoms with E-state index in [0.29, 0.717) is 5.09 Å². The van der Waals surface area contributed by atoms with Gasteiger partial charge in [0.15, 0.2) is 0 Å². The molecule has 0 heterocycles. The van der Waals surface area contributed by atoms with Crippen LogP contribution in [0.5, 0.6) is 0 Å². The van der Waals surface area contributed by atoms with Crippen molar-refractivity contribution in [3.8, 4) is 0 Å². The van der Waals surface area contributed by atoms with Crippen molar-refractivity contribution in [3.63, 3.8) is 0 Å². The van der Waals surface area contributed by atoms with E-state index in [9.17, 15) is 0 Å². The Kier molecular flexibility index (Phi) is 6.18. The van der Waals surface area contributed by atoms with Crippen molar-refractivity contribution in [2.75, 3.05) is 6.61 Å². The fourth-order valence-corrected chi connectivity index (χ4v) is 0.747. The summed E-state index contributed by atoms with van der Waals surface area (Å²) in [5, 5.41) is 2.43. The van der Waals surface area contributed by atoms with Gasteiger partial charge in [-0.1, -0.05) is 18.7 Å². The van der Waals surface area contributed by atoms with Gasteiger partial charge in [0.1, 0.15) is 5.09 Å². The van der Waals surface area contributed by atoms with Gasteiger partial charge in [-0.15, -0.1) is 0 Å². The van der Waals surface area contributed by atoms with Crippen LogP contribution in [0.25, 0.3) is 0 Å². The summed E-state index contributed by atoms with van der Waals surface area (Å²) in [4.78, 5) is 0. The summed E-state index contributed by atoms with van der Waals surface area (Å²) in [6.45, 7) is 6.44. The molecule has 0 aromatic rings. The smallest absolute Gasteiger partial charge is 0.150 e. The van der Waals surface area contributed by atoms with Gasteiger partial charge in [0.2, 0.25) is 0 Å². The monoisotopic (exact) mass is 159 g/mol. The second kappa shape index (κ2) is 6.55. The summed E-state index contributed by atoms with van der Waals surface area (Å²) in [5.41, 5.74) is 5.11. The highest BCUT2D eigenvalue weighted by atomic mass is 32.2. The molecule has 0 unspecified atom stereocenters. The molecule has 0 aromatic heterocycles. The van der Waals surface area contributed by atoms with Crippen LogP contribution in [0, 0.1) is 0 Å². The van der Waals surface area contributed by atoms with E-state index in [-0.39, 0.29) is 0 Å². The van der Waals surface area contributed by atoms with E-state index in [1.807, 2.05) is 0 Å². The Morgan fingerprint density at radius 2 is 2.50 bits per heavy atom. The molecule has 0 fully saturated rings. The van der Waals surface area contributed by atoms with Crippen molar-refractivity contribution < 1.29 is 4.74 Å². The molecule has 2 N–H and O–H groups in total. The molecule has 3 heteroatoms. The summed E-state index contributed by atoms with van der Waals surface area (Å²) in [7, 11) is 0. The van der Waals surface area contributed by atoms with E-state index in [2.05, 4.69) is 13.5 Å². The van der Waals surface area contributed by atoms with E-state index >= 15 is 0 Å². The topological polar surface area (TPSA) is 35.2 Å². The SMILES string of the molecule is C=C(OCCC)S/C=C\N. The van der Waals surface area contributed by atoms with Crippen LogP contribution in [0.1, 0.15) is 13.3 Å². The highest BCUT2D eigenvalue weighted by Crippen LogP contribution is 2.14. The first-order chi connectivity index (χ1) is 4.81. The first-order valence-electron chi connectivity index (χ1n) is 3.16. The second-order valence-electron chi connectivity index (χ2n) is 1.67. The van der Waals surface area contributed by atoms with E-state index in [1.54, 1.807) is 5.41 Å². The van der Waals surface area contributed by atoms with Crippen LogP contribution < -0.4 is 5.73 Å². The van der Waals surface area contributed by atoms with Crippen LogP contribution in [-0.4, -0.2) is 6.61 Å². The third-order valence-electron chi connectivity index (χ3n) is 0.745. The molecule has 0 aliphatic carbocycles. The molecule has 0 atom stereocenters. The molecule has 0 saturated heterocycles. The van der Waals surface area contributed by atoms with Crippen molar-refractivity contribution in [1.82, 2.24) is 0 Å². The van der Waals surface area contributed by atoms with Gasteiger partial charge < -0.3 is 10.5 Å². The molecule has 0 aromatic carbocycles. The predicted octanol–water partition coefficient (Wildman–Crippen LogP) is 2.05. The Balaban J connectivity index is 3.25. The lowest BCUT2D eigenvalue weighted by molar-refractivity contribution is 0.241. The van der Waals surface area contributed by atoms with Crippen LogP contribution in [0.4, 0.5) is 0 Å². The lowest BCUT2D eigenvalue weighted by Gasteiger charge is -2.02. The molecular formula is C7H13NOS. The maximum absolute atomic E-state index is 5.15. The number of rotatable bonds is 5. The Morgan fingerprint density at radius 1 is 1.80 bits per heavy atom. The molecule has 0 aliphatic rings. The van der Waals surface area contributed by atoms with Gasteiger partial charge in [0, 0.05) is 6.20 Å². The van der Waals surface area contributed by atoms with Crippen LogP contribution in [0.3, 0.4) is 0 Å². The molecule has 0 saturated carbocycles. The van der Waals surface area contributed by atoms with Crippen molar-refractivity contribution >= 4 is 11.8 Å². The fraction of sp³-hybridized carbons (Fsp3) is 0.429. The molecular weight excluding hydrogens is 146 g/mol. The maximum atomic E-state index is 5.15. The predicted molar refractivity (Wildman–Crippen MR) is 46.3 cm³/mol. The van der Waals surface area contributed by atoms with E-state index in [0.717, 1.165) is 13.0 Å². The number of thioether (sulfide) groups is 1. The second-order valence-corrected chi connectivity index (χ2v) is 2.63. The molecule has 0 rings (SSSR count). The van der Waals surface area contributed by atoms with Gasteiger partial charge in [-0.2, -0.15) is 0 Å². The highest BCUT2D eigenvalue weighted by Gasteiger charge is 1.89. The third-order valence-corrected chi connectivity index (χ3v) is 1.42. The minimum absolute atomic E-state index is 0.698. The first-order valence-corrected chi connectivity index (χ1v) is 4.04. The number of ether oxygens (including phenoxy) is 1. The summed E-state index contributed by atoms with van der Waals surface area (Å²) >= 11 is 1.39. The average molecular weight is 159 g/mol. The molecule has 0 aliphatic heterocycles.